The number of hydrogen-bond acceptors (Lipinski definition) is 7. The van der Waals surface area contributed by atoms with Gasteiger partial charge in [0, 0.05) is 7.05 Å². The van der Waals surface area contributed by atoms with Crippen molar-refractivity contribution >= 4 is 11.9 Å². The zero-order valence-electron chi connectivity index (χ0n) is 7.34. The number of hydrazine groups is 1. The zero-order chi connectivity index (χ0) is 10.9. The van der Waals surface area contributed by atoms with Gasteiger partial charge in [-0.3, -0.25) is 14.6 Å². The third-order valence-electron chi connectivity index (χ3n) is 1.44. The lowest BCUT2D eigenvalue weighted by Crippen LogP contribution is -2.42. The van der Waals surface area contributed by atoms with Crippen molar-refractivity contribution in [2.45, 2.75) is 0 Å². The highest BCUT2D eigenvalue weighted by molar-refractivity contribution is 5.91. The summed E-state index contributed by atoms with van der Waals surface area (Å²) >= 11 is 0. The Bertz CT molecular complexity index is 423. The molecule has 0 aliphatic rings. The third-order valence-corrected chi connectivity index (χ3v) is 1.44. The fourth-order valence-electron chi connectivity index (χ4n) is 0.712. The molecule has 76 valence electrons. The van der Waals surface area contributed by atoms with Crippen LogP contribution in [0.4, 0.5) is 5.95 Å². The largest absolute Gasteiger partial charge is 0.366 e. The molecule has 9 heteroatoms. The molecule has 0 spiro atoms. The molecule has 1 heterocycles. The molecular weight excluding hydrogens is 190 g/mol. The summed E-state index contributed by atoms with van der Waals surface area (Å²) < 4.78 is 0.518. The van der Waals surface area contributed by atoms with Crippen LogP contribution in [-0.4, -0.2) is 32.8 Å². The van der Waals surface area contributed by atoms with Gasteiger partial charge in [-0.15, -0.1) is 10.2 Å². The molecule has 1 rings (SSSR count). The minimum absolute atomic E-state index is 0.286. The van der Waals surface area contributed by atoms with Crippen LogP contribution in [0.2, 0.25) is 0 Å². The summed E-state index contributed by atoms with van der Waals surface area (Å²) in [6.07, 6.45) is 0. The monoisotopic (exact) mass is 199 g/mol. The fourth-order valence-corrected chi connectivity index (χ4v) is 0.712. The summed E-state index contributed by atoms with van der Waals surface area (Å²) in [5.74, 6) is 9.23. The average Bonchev–Trinajstić information content (AvgIpc) is 2.13. The second-order valence-electron chi connectivity index (χ2n) is 2.50. The predicted octanol–water partition coefficient (Wildman–Crippen LogP) is -3.12. The van der Waals surface area contributed by atoms with E-state index in [9.17, 15) is 9.59 Å². The molecule has 9 nitrogen and oxygen atoms in total. The summed E-state index contributed by atoms with van der Waals surface area (Å²) in [6, 6.07) is 0. The van der Waals surface area contributed by atoms with Crippen molar-refractivity contribution in [3.05, 3.63) is 16.0 Å². The average molecular weight is 199 g/mol. The molecule has 0 radical (unpaired) electrons. The lowest BCUT2D eigenvalue weighted by Gasteiger charge is -2.08. The van der Waals surface area contributed by atoms with Crippen LogP contribution in [0.15, 0.2) is 4.79 Å². The van der Waals surface area contributed by atoms with Crippen LogP contribution in [0.25, 0.3) is 0 Å². The number of carbonyl (C=O) groups is 1. The Labute approximate surface area is 78.0 Å². The number of anilines is 1. The zero-order valence-corrected chi connectivity index (χ0v) is 7.34. The predicted molar refractivity (Wildman–Crippen MR) is 47.1 cm³/mol. The minimum Gasteiger partial charge on any atom is -0.366 e. The molecule has 0 bridgehead atoms. The highest BCUT2D eigenvalue weighted by Gasteiger charge is 2.18. The molecule has 0 unspecified atom stereocenters. The molecule has 1 aromatic heterocycles. The lowest BCUT2D eigenvalue weighted by atomic mass is 10.4. The summed E-state index contributed by atoms with van der Waals surface area (Å²) in [5.41, 5.74) is 3.85. The van der Waals surface area contributed by atoms with E-state index in [0.717, 1.165) is 0 Å². The highest BCUT2D eigenvalue weighted by atomic mass is 16.2. The molecule has 14 heavy (non-hydrogen) atoms. The number of carbonyl (C=O) groups excluding carboxylic acids is 1. The Morgan fingerprint density at radius 1 is 1.50 bits per heavy atom. The Kier molecular flexibility index (Phi) is 2.34. The summed E-state index contributed by atoms with van der Waals surface area (Å²) in [4.78, 5) is 22.5. The van der Waals surface area contributed by atoms with Crippen molar-refractivity contribution in [3.63, 3.8) is 0 Å². The first kappa shape index (κ1) is 9.92. The molecule has 6 N–H and O–H groups in total. The Morgan fingerprint density at radius 2 is 2.07 bits per heavy atom. The molecule has 0 saturated heterocycles. The fraction of sp³-hybridized carbons (Fsp3) is 0.200. The Morgan fingerprint density at radius 3 is 2.57 bits per heavy atom. The van der Waals surface area contributed by atoms with Crippen LogP contribution in [0.1, 0.15) is 10.5 Å². The maximum atomic E-state index is 11.3. The van der Waals surface area contributed by atoms with E-state index in [4.69, 9.17) is 17.4 Å². The number of rotatable bonds is 1. The number of hydrogen-bond donors (Lipinski definition) is 3. The Balaban J connectivity index is 3.32. The van der Waals surface area contributed by atoms with Crippen LogP contribution in [0.5, 0.6) is 0 Å². The van der Waals surface area contributed by atoms with Crippen LogP contribution in [0, 0.1) is 0 Å². The third kappa shape index (κ3) is 1.47. The molecular formula is C5H9N7O2. The quantitative estimate of drug-likeness (QED) is 0.246. The van der Waals surface area contributed by atoms with Gasteiger partial charge >= 0.3 is 5.56 Å². The number of nitrogen functional groups attached to an aromatic ring is 2. The molecule has 0 fully saturated rings. The van der Waals surface area contributed by atoms with Crippen molar-refractivity contribution in [2.24, 2.45) is 5.84 Å². The van der Waals surface area contributed by atoms with Crippen LogP contribution in [0.3, 0.4) is 0 Å². The lowest BCUT2D eigenvalue weighted by molar-refractivity contribution is 0.0785. The number of nitrogens with two attached hydrogens (primary N) is 3. The standard InChI is InChI=1S/C5H9N7O2/c1-11(7)3(13)2-4(14)12(8)5(6)10-9-2/h7-8H2,1H3,(H2,6,10). The first-order chi connectivity index (χ1) is 6.45. The van der Waals surface area contributed by atoms with Crippen LogP contribution in [-0.2, 0) is 0 Å². The van der Waals surface area contributed by atoms with Crippen molar-refractivity contribution in [2.75, 3.05) is 18.6 Å². The van der Waals surface area contributed by atoms with Gasteiger partial charge in [0.2, 0.25) is 11.6 Å². The second kappa shape index (κ2) is 3.30. The van der Waals surface area contributed by atoms with Crippen molar-refractivity contribution in [1.29, 1.82) is 0 Å². The maximum Gasteiger partial charge on any atom is 0.305 e. The van der Waals surface area contributed by atoms with Gasteiger partial charge in [-0.25, -0.2) is 5.84 Å². The van der Waals surface area contributed by atoms with E-state index in [1.165, 1.54) is 7.05 Å². The maximum absolute atomic E-state index is 11.3. The van der Waals surface area contributed by atoms with E-state index in [-0.39, 0.29) is 5.95 Å². The van der Waals surface area contributed by atoms with Gasteiger partial charge in [0.05, 0.1) is 0 Å². The van der Waals surface area contributed by atoms with E-state index in [1.54, 1.807) is 0 Å². The van der Waals surface area contributed by atoms with Crippen molar-refractivity contribution in [1.82, 2.24) is 19.9 Å². The summed E-state index contributed by atoms with van der Waals surface area (Å²) in [5, 5.41) is 7.30. The van der Waals surface area contributed by atoms with Gasteiger partial charge in [0.25, 0.3) is 5.91 Å². The normalized spacial score (nSPS) is 9.86. The molecule has 1 aromatic rings. The molecule has 0 saturated carbocycles. The van der Waals surface area contributed by atoms with Gasteiger partial charge in [-0.05, 0) is 0 Å². The Hall–Kier alpha value is -2.16. The van der Waals surface area contributed by atoms with Crippen molar-refractivity contribution < 1.29 is 4.79 Å². The van der Waals surface area contributed by atoms with E-state index in [0.29, 0.717) is 9.69 Å². The number of nitrogens with zero attached hydrogens (tertiary/aromatic N) is 4. The molecule has 0 aromatic carbocycles. The first-order valence-corrected chi connectivity index (χ1v) is 3.48. The van der Waals surface area contributed by atoms with Gasteiger partial charge in [-0.1, -0.05) is 0 Å². The van der Waals surface area contributed by atoms with E-state index < -0.39 is 17.2 Å². The molecule has 0 aliphatic heterocycles. The van der Waals surface area contributed by atoms with Crippen molar-refractivity contribution in [3.8, 4) is 0 Å². The SMILES string of the molecule is CN(N)C(=O)c1nnc(N)n(N)c1=O. The van der Waals surface area contributed by atoms with E-state index in [2.05, 4.69) is 10.2 Å². The minimum atomic E-state index is -0.847. The second-order valence-corrected chi connectivity index (χ2v) is 2.50. The number of aromatic nitrogens is 3. The van der Waals surface area contributed by atoms with Gasteiger partial charge in [-0.2, -0.15) is 4.68 Å². The summed E-state index contributed by atoms with van der Waals surface area (Å²) in [7, 11) is 1.26. The molecule has 0 atom stereocenters. The topological polar surface area (TPSA) is 146 Å². The van der Waals surface area contributed by atoms with Crippen LogP contribution < -0.4 is 23.0 Å². The van der Waals surface area contributed by atoms with Gasteiger partial charge in [0.1, 0.15) is 0 Å². The van der Waals surface area contributed by atoms with E-state index in [1.807, 2.05) is 0 Å². The first-order valence-electron chi connectivity index (χ1n) is 3.48. The number of amides is 1. The smallest absolute Gasteiger partial charge is 0.305 e. The van der Waals surface area contributed by atoms with Gasteiger partial charge < -0.3 is 11.6 Å². The van der Waals surface area contributed by atoms with E-state index >= 15 is 0 Å². The summed E-state index contributed by atoms with van der Waals surface area (Å²) in [6.45, 7) is 0. The molecule has 1 amide bonds. The van der Waals surface area contributed by atoms with Crippen LogP contribution >= 0.6 is 0 Å². The molecule has 0 aliphatic carbocycles. The van der Waals surface area contributed by atoms with Gasteiger partial charge in [0.15, 0.2) is 0 Å². The highest BCUT2D eigenvalue weighted by Crippen LogP contribution is 1.90.